The van der Waals surface area contributed by atoms with Crippen molar-refractivity contribution in [2.75, 3.05) is 7.11 Å². The van der Waals surface area contributed by atoms with E-state index < -0.39 is 23.5 Å². The summed E-state index contributed by atoms with van der Waals surface area (Å²) in [5, 5.41) is 0. The third-order valence-electron chi connectivity index (χ3n) is 3.00. The van der Waals surface area contributed by atoms with Crippen molar-refractivity contribution in [3.63, 3.8) is 0 Å². The molecule has 1 aromatic rings. The minimum Gasteiger partial charge on any atom is -0.469 e. The lowest BCUT2D eigenvalue weighted by Crippen LogP contribution is -2.18. The molecule has 0 N–H and O–H groups in total. The van der Waals surface area contributed by atoms with E-state index in [1.54, 1.807) is 6.92 Å². The standard InChI is InChI=1S/C14H18F2O2/c1-4-5-6-10(14(17)18-3)12-11(15)8-7-9(2)13(12)16/h7-8,10H,4-6H2,1-3H3. The molecule has 0 fully saturated rings. The van der Waals surface area contributed by atoms with Crippen LogP contribution in [-0.2, 0) is 9.53 Å². The molecule has 0 aromatic heterocycles. The lowest BCUT2D eigenvalue weighted by molar-refractivity contribution is -0.142. The maximum absolute atomic E-state index is 14.0. The lowest BCUT2D eigenvalue weighted by Gasteiger charge is -2.17. The normalized spacial score (nSPS) is 12.3. The minimum absolute atomic E-state index is 0.171. The topological polar surface area (TPSA) is 26.3 Å². The predicted octanol–water partition coefficient (Wildman–Crippen LogP) is 3.72. The van der Waals surface area contributed by atoms with Crippen LogP contribution in [0, 0.1) is 18.6 Å². The highest BCUT2D eigenvalue weighted by molar-refractivity contribution is 5.78. The number of methoxy groups -OCH3 is 1. The molecule has 0 aliphatic rings. The van der Waals surface area contributed by atoms with Gasteiger partial charge in [-0.15, -0.1) is 0 Å². The molecular weight excluding hydrogens is 238 g/mol. The Morgan fingerprint density at radius 3 is 2.61 bits per heavy atom. The summed E-state index contributed by atoms with van der Waals surface area (Å²) < 4.78 is 32.4. The molecule has 0 saturated carbocycles. The zero-order valence-electron chi connectivity index (χ0n) is 10.9. The third-order valence-corrected chi connectivity index (χ3v) is 3.00. The van der Waals surface area contributed by atoms with Gasteiger partial charge < -0.3 is 4.74 Å². The van der Waals surface area contributed by atoms with Gasteiger partial charge in [0.2, 0.25) is 0 Å². The molecule has 2 nitrogen and oxygen atoms in total. The van der Waals surface area contributed by atoms with Crippen LogP contribution in [0.5, 0.6) is 0 Å². The predicted molar refractivity (Wildman–Crippen MR) is 65.4 cm³/mol. The number of aryl methyl sites for hydroxylation is 1. The van der Waals surface area contributed by atoms with Crippen molar-refractivity contribution in [1.29, 1.82) is 0 Å². The largest absolute Gasteiger partial charge is 0.469 e. The van der Waals surface area contributed by atoms with Crippen molar-refractivity contribution >= 4 is 5.97 Å². The number of halogens is 2. The van der Waals surface area contributed by atoms with Crippen LogP contribution in [-0.4, -0.2) is 13.1 Å². The molecule has 0 bridgehead atoms. The molecule has 0 heterocycles. The number of benzene rings is 1. The van der Waals surface area contributed by atoms with Gasteiger partial charge in [0.15, 0.2) is 0 Å². The monoisotopic (exact) mass is 256 g/mol. The maximum atomic E-state index is 14.0. The molecule has 0 spiro atoms. The van der Waals surface area contributed by atoms with Crippen LogP contribution >= 0.6 is 0 Å². The van der Waals surface area contributed by atoms with Gasteiger partial charge in [0.05, 0.1) is 13.0 Å². The van der Waals surface area contributed by atoms with Crippen LogP contribution in [0.2, 0.25) is 0 Å². The number of hydrogen-bond acceptors (Lipinski definition) is 2. The first-order valence-corrected chi connectivity index (χ1v) is 6.05. The molecule has 1 rings (SSSR count). The Hall–Kier alpha value is -1.45. The number of carbonyl (C=O) groups excluding carboxylic acids is 1. The van der Waals surface area contributed by atoms with Gasteiger partial charge in [-0.25, -0.2) is 8.78 Å². The van der Waals surface area contributed by atoms with Gasteiger partial charge in [-0.1, -0.05) is 25.8 Å². The van der Waals surface area contributed by atoms with E-state index in [0.717, 1.165) is 6.42 Å². The highest BCUT2D eigenvalue weighted by atomic mass is 19.1. The van der Waals surface area contributed by atoms with Crippen molar-refractivity contribution in [3.05, 3.63) is 34.9 Å². The summed E-state index contributed by atoms with van der Waals surface area (Å²) in [6, 6.07) is 2.55. The summed E-state index contributed by atoms with van der Waals surface area (Å²) in [6.07, 6.45) is 1.95. The van der Waals surface area contributed by atoms with Crippen LogP contribution in [0.4, 0.5) is 8.78 Å². The molecule has 18 heavy (non-hydrogen) atoms. The molecule has 0 aliphatic carbocycles. The highest BCUT2D eigenvalue weighted by Gasteiger charge is 2.28. The van der Waals surface area contributed by atoms with E-state index in [-0.39, 0.29) is 5.56 Å². The summed E-state index contributed by atoms with van der Waals surface area (Å²) >= 11 is 0. The zero-order valence-corrected chi connectivity index (χ0v) is 10.9. The maximum Gasteiger partial charge on any atom is 0.313 e. The number of carbonyl (C=O) groups is 1. The Balaban J connectivity index is 3.19. The van der Waals surface area contributed by atoms with Gasteiger partial charge >= 0.3 is 5.97 Å². The molecule has 100 valence electrons. The third kappa shape index (κ3) is 3.06. The zero-order chi connectivity index (χ0) is 13.7. The van der Waals surface area contributed by atoms with Crippen LogP contribution in [0.1, 0.15) is 43.2 Å². The van der Waals surface area contributed by atoms with Crippen LogP contribution in [0.25, 0.3) is 0 Å². The first-order chi connectivity index (χ1) is 8.52. The van der Waals surface area contributed by atoms with E-state index in [1.807, 2.05) is 6.92 Å². The van der Waals surface area contributed by atoms with Crippen molar-refractivity contribution in [3.8, 4) is 0 Å². The SMILES string of the molecule is CCCCC(C(=O)OC)c1c(F)ccc(C)c1F. The molecule has 0 amide bonds. The molecular formula is C14H18F2O2. The second kappa shape index (κ2) is 6.47. The van der Waals surface area contributed by atoms with Crippen LogP contribution in [0.15, 0.2) is 12.1 Å². The fraction of sp³-hybridized carbons (Fsp3) is 0.500. The Bertz CT molecular complexity index is 430. The quantitative estimate of drug-likeness (QED) is 0.750. The van der Waals surface area contributed by atoms with Gasteiger partial charge in [-0.05, 0) is 25.0 Å². The summed E-state index contributed by atoms with van der Waals surface area (Å²) in [6.45, 7) is 3.50. The Morgan fingerprint density at radius 1 is 1.39 bits per heavy atom. The van der Waals surface area contributed by atoms with E-state index in [1.165, 1.54) is 19.2 Å². The number of rotatable bonds is 5. The lowest BCUT2D eigenvalue weighted by atomic mass is 9.91. The van der Waals surface area contributed by atoms with Crippen molar-refractivity contribution in [2.45, 2.75) is 39.0 Å². The first kappa shape index (κ1) is 14.6. The Morgan fingerprint density at radius 2 is 2.06 bits per heavy atom. The Labute approximate surface area is 106 Å². The fourth-order valence-corrected chi connectivity index (χ4v) is 1.93. The van der Waals surface area contributed by atoms with E-state index in [0.29, 0.717) is 18.4 Å². The first-order valence-electron chi connectivity index (χ1n) is 6.05. The molecule has 0 aliphatic heterocycles. The van der Waals surface area contributed by atoms with Crippen LogP contribution < -0.4 is 0 Å². The number of unbranched alkanes of at least 4 members (excludes halogenated alkanes) is 1. The van der Waals surface area contributed by atoms with Gasteiger partial charge in [0.1, 0.15) is 11.6 Å². The van der Waals surface area contributed by atoms with E-state index >= 15 is 0 Å². The number of esters is 1. The molecule has 1 unspecified atom stereocenters. The molecule has 0 saturated heterocycles. The molecule has 1 atom stereocenters. The number of hydrogen-bond donors (Lipinski definition) is 0. The summed E-state index contributed by atoms with van der Waals surface area (Å²) in [7, 11) is 1.23. The molecule has 4 heteroatoms. The van der Waals surface area contributed by atoms with Crippen molar-refractivity contribution in [2.24, 2.45) is 0 Å². The highest BCUT2D eigenvalue weighted by Crippen LogP contribution is 2.29. The van der Waals surface area contributed by atoms with E-state index in [2.05, 4.69) is 4.74 Å². The van der Waals surface area contributed by atoms with Gasteiger partial charge in [0.25, 0.3) is 0 Å². The number of ether oxygens (including phenoxy) is 1. The average molecular weight is 256 g/mol. The minimum atomic E-state index is -0.866. The summed E-state index contributed by atoms with van der Waals surface area (Å²) in [5.41, 5.74) is 0.159. The van der Waals surface area contributed by atoms with Gasteiger partial charge in [-0.2, -0.15) is 0 Å². The summed E-state index contributed by atoms with van der Waals surface area (Å²) in [4.78, 5) is 11.7. The van der Waals surface area contributed by atoms with Crippen molar-refractivity contribution < 1.29 is 18.3 Å². The summed E-state index contributed by atoms with van der Waals surface area (Å²) in [5.74, 6) is -2.80. The van der Waals surface area contributed by atoms with E-state index in [9.17, 15) is 13.6 Å². The van der Waals surface area contributed by atoms with Gasteiger partial charge in [-0.3, -0.25) is 4.79 Å². The second-order valence-electron chi connectivity index (χ2n) is 4.31. The van der Waals surface area contributed by atoms with Crippen LogP contribution in [0.3, 0.4) is 0 Å². The second-order valence-corrected chi connectivity index (χ2v) is 4.31. The van der Waals surface area contributed by atoms with Gasteiger partial charge in [0, 0.05) is 5.56 Å². The van der Waals surface area contributed by atoms with Crippen molar-refractivity contribution in [1.82, 2.24) is 0 Å². The average Bonchev–Trinajstić information content (AvgIpc) is 2.37. The molecule has 0 radical (unpaired) electrons. The van der Waals surface area contributed by atoms with E-state index in [4.69, 9.17) is 0 Å². The Kier molecular flexibility index (Phi) is 5.25. The fourth-order valence-electron chi connectivity index (χ4n) is 1.93. The smallest absolute Gasteiger partial charge is 0.313 e. The molecule has 1 aromatic carbocycles.